The van der Waals surface area contributed by atoms with E-state index in [4.69, 9.17) is 14.2 Å². The third-order valence-electron chi connectivity index (χ3n) is 17.0. The van der Waals surface area contributed by atoms with Gasteiger partial charge in [-0.05, 0) is 122 Å². The van der Waals surface area contributed by atoms with Crippen LogP contribution in [0.1, 0.15) is 129 Å². The number of aliphatic hydroxyl groups is 1. The summed E-state index contributed by atoms with van der Waals surface area (Å²) in [6.45, 7) is 20.3. The first kappa shape index (κ1) is 63.9. The number of pyridine rings is 1. The monoisotopic (exact) mass is 1200 g/mol. The van der Waals surface area contributed by atoms with Crippen molar-refractivity contribution < 1.29 is 38.5 Å². The maximum Gasteiger partial charge on any atom is 0.253 e. The van der Waals surface area contributed by atoms with Crippen molar-refractivity contribution in [2.24, 2.45) is 5.41 Å². The Labute approximate surface area is 510 Å². The van der Waals surface area contributed by atoms with E-state index < -0.39 is 35.4 Å². The molecule has 0 bridgehead atoms. The zero-order chi connectivity index (χ0) is 60.7. The Kier molecular flexibility index (Phi) is 22.6. The molecule has 0 unspecified atom stereocenters. The average molecular weight is 1200 g/mol. The minimum Gasteiger partial charge on any atom is -0.391 e. The highest BCUT2D eigenvalue weighted by atomic mass is 32.1. The van der Waals surface area contributed by atoms with Crippen LogP contribution in [0.5, 0.6) is 0 Å². The quantitative estimate of drug-likeness (QED) is 0.0292. The number of hydrogen-bond acceptors (Lipinski definition) is 13. The molecule has 6 aromatic rings. The van der Waals surface area contributed by atoms with Gasteiger partial charge in [0.1, 0.15) is 18.7 Å². The molecule has 2 saturated heterocycles. The Hall–Kier alpha value is -6.58. The van der Waals surface area contributed by atoms with Crippen LogP contribution in [0.3, 0.4) is 0 Å². The van der Waals surface area contributed by atoms with Crippen molar-refractivity contribution in [3.63, 3.8) is 0 Å². The number of aromatic nitrogens is 3. The highest BCUT2D eigenvalue weighted by molar-refractivity contribution is 7.13. The lowest BCUT2D eigenvalue weighted by molar-refractivity contribution is -0.144. The zero-order valence-corrected chi connectivity index (χ0v) is 52.0. The van der Waals surface area contributed by atoms with Crippen molar-refractivity contribution in [3.05, 3.63) is 134 Å². The first-order chi connectivity index (χ1) is 41.5. The Morgan fingerprint density at radius 3 is 2.08 bits per heavy atom. The number of aliphatic hydroxyl groups excluding tert-OH is 1. The number of ether oxygens (including phenoxy) is 3. The molecule has 3 fully saturated rings. The van der Waals surface area contributed by atoms with E-state index in [1.165, 1.54) is 23.3 Å². The van der Waals surface area contributed by atoms with Crippen molar-refractivity contribution in [3.8, 4) is 21.6 Å². The maximum absolute atomic E-state index is 14.0. The lowest BCUT2D eigenvalue weighted by Crippen LogP contribution is -2.58. The molecule has 0 spiro atoms. The van der Waals surface area contributed by atoms with Crippen molar-refractivity contribution >= 4 is 45.9 Å². The number of carbonyl (C=O) groups is 4. The van der Waals surface area contributed by atoms with Crippen molar-refractivity contribution in [2.45, 2.75) is 143 Å². The van der Waals surface area contributed by atoms with Crippen LogP contribution in [0.2, 0.25) is 0 Å². The number of rotatable bonds is 28. The van der Waals surface area contributed by atoms with Gasteiger partial charge in [-0.3, -0.25) is 33.8 Å². The normalized spacial score (nSPS) is 17.4. The van der Waals surface area contributed by atoms with E-state index >= 15 is 0 Å². The van der Waals surface area contributed by atoms with E-state index in [2.05, 4.69) is 82.9 Å². The van der Waals surface area contributed by atoms with Gasteiger partial charge in [0.05, 0.1) is 28.8 Å². The van der Waals surface area contributed by atoms with Crippen molar-refractivity contribution in [1.82, 2.24) is 45.2 Å². The minimum absolute atomic E-state index is 0.00269. The van der Waals surface area contributed by atoms with Crippen LogP contribution in [-0.4, -0.2) is 155 Å². The largest absolute Gasteiger partial charge is 0.391 e. The summed E-state index contributed by atoms with van der Waals surface area (Å²) < 4.78 is 19.9. The molecule has 19 heteroatoms. The molecule has 5 heterocycles. The molecule has 0 radical (unpaired) electrons. The van der Waals surface area contributed by atoms with E-state index in [0.717, 1.165) is 133 Å². The molecule has 3 atom stereocenters. The lowest BCUT2D eigenvalue weighted by atomic mass is 9.85. The predicted molar refractivity (Wildman–Crippen MR) is 337 cm³/mol. The summed E-state index contributed by atoms with van der Waals surface area (Å²) in [5, 5.41) is 20.4. The minimum atomic E-state index is -0.931. The number of H-pyrrole nitrogens is 1. The lowest BCUT2D eigenvalue weighted by Gasteiger charge is -2.35. The van der Waals surface area contributed by atoms with Crippen LogP contribution in [-0.2, 0) is 48.2 Å². The number of carbonyl (C=O) groups excluding carboxylic acids is 4. The number of hydrogen-bond donors (Lipinski definition) is 5. The summed E-state index contributed by atoms with van der Waals surface area (Å²) >= 11 is 1.58. The molecule has 1 saturated carbocycles. The number of aryl methyl sites for hydroxylation is 3. The molecule has 3 aromatic carbocycles. The molecular formula is C67H89N9O9S. The zero-order valence-electron chi connectivity index (χ0n) is 51.2. The van der Waals surface area contributed by atoms with Gasteiger partial charge in [-0.25, -0.2) is 4.98 Å². The van der Waals surface area contributed by atoms with E-state index in [0.29, 0.717) is 50.2 Å². The number of piperazine rings is 1. The molecule has 1 aliphatic carbocycles. The van der Waals surface area contributed by atoms with E-state index in [1.807, 2.05) is 83.5 Å². The van der Waals surface area contributed by atoms with Gasteiger partial charge in [-0.15, -0.1) is 11.3 Å². The van der Waals surface area contributed by atoms with Gasteiger partial charge in [0, 0.05) is 132 Å². The van der Waals surface area contributed by atoms with Gasteiger partial charge in [0.15, 0.2) is 0 Å². The standard InChI is InChI=1S/C67H89N9O9S/c1-45-35-46(2)71-64(80)57(45)40-69-63(79)56-36-52(37-58-55(56)23-24-75(58)53-13-7-8-14-53)50-19-17-49(18-20-50)41-74-27-25-73(26-28-74)29-34-84-32-10-9-30-83-31-11-12-33-85-43-60(78)72-62(67(4,5)6)66(82)76-42-54(77)38-59(76)65(81)68-39-48-15-21-51(22-16-48)61-47(3)70-44-86-61/h15-24,35-37,44,53-54,59,62,77H,7-14,25-34,38-43H2,1-6H3,(H,68,81)(H,69,79)(H,71,80)(H,72,78)/t54-,59+,62-/m1/s1. The first-order valence-corrected chi connectivity index (χ1v) is 31.8. The third-order valence-corrected chi connectivity index (χ3v) is 18.0. The van der Waals surface area contributed by atoms with Crippen LogP contribution < -0.4 is 21.5 Å². The number of thiazole rings is 1. The molecule has 9 rings (SSSR count). The van der Waals surface area contributed by atoms with Crippen LogP contribution in [0.4, 0.5) is 0 Å². The second-order valence-electron chi connectivity index (χ2n) is 24.7. The Balaban J connectivity index is 0.611. The number of aromatic amines is 1. The maximum atomic E-state index is 14.0. The second-order valence-corrected chi connectivity index (χ2v) is 25.5. The fourth-order valence-corrected chi connectivity index (χ4v) is 12.9. The van der Waals surface area contributed by atoms with E-state index in [1.54, 1.807) is 11.3 Å². The van der Waals surface area contributed by atoms with Crippen molar-refractivity contribution in [2.75, 3.05) is 78.9 Å². The highest BCUT2D eigenvalue weighted by Crippen LogP contribution is 2.37. The van der Waals surface area contributed by atoms with Crippen LogP contribution in [0, 0.1) is 26.2 Å². The first-order valence-electron chi connectivity index (χ1n) is 30.9. The number of fused-ring (bicyclic) bond motifs is 1. The fourth-order valence-electron chi connectivity index (χ4n) is 12.1. The summed E-state index contributed by atoms with van der Waals surface area (Å²) in [4.78, 5) is 82.0. The number of nitrogens with one attached hydrogen (secondary N) is 4. The highest BCUT2D eigenvalue weighted by Gasteiger charge is 2.44. The predicted octanol–water partition coefficient (Wildman–Crippen LogP) is 8.63. The topological polar surface area (TPSA) is 213 Å². The number of β-amino-alcohol motifs (C(OH)–C–C–N with tert-alkyl or cyclic N) is 1. The van der Waals surface area contributed by atoms with E-state index in [9.17, 15) is 29.1 Å². The smallest absolute Gasteiger partial charge is 0.253 e. The summed E-state index contributed by atoms with van der Waals surface area (Å²) in [5.41, 5.74) is 11.1. The molecule has 18 nitrogen and oxygen atoms in total. The van der Waals surface area contributed by atoms with E-state index in [-0.39, 0.29) is 50.0 Å². The Morgan fingerprint density at radius 2 is 1.42 bits per heavy atom. The summed E-state index contributed by atoms with van der Waals surface area (Å²) in [6.07, 6.45) is 9.45. The van der Waals surface area contributed by atoms with Gasteiger partial charge >= 0.3 is 0 Å². The van der Waals surface area contributed by atoms with Crippen LogP contribution in [0.15, 0.2) is 89.3 Å². The Bertz CT molecular complexity index is 3280. The number of benzene rings is 3. The van der Waals surface area contributed by atoms with Gasteiger partial charge in [0.2, 0.25) is 17.7 Å². The summed E-state index contributed by atoms with van der Waals surface area (Å²) in [6, 6.07) is 23.5. The fraction of sp³-hybridized carbons (Fsp3) is 0.522. The molecule has 86 heavy (non-hydrogen) atoms. The average Bonchev–Trinajstić information content (AvgIpc) is 2.68. The SMILES string of the molecule is Cc1cc(C)c(CNC(=O)c2cc(-c3ccc(CN4CCN(CCOCCCCOCCCCOCC(=O)N[C@H](C(=O)N5C[C@H](O)C[C@H]5C(=O)NCc5ccc(-c6scnc6C)cc5)C(C)(C)C)CC4)cc3)cc3c2ccn3C2CCCC2)c(=O)[nH]1. The molecule has 2 aliphatic heterocycles. The van der Waals surface area contributed by atoms with Crippen LogP contribution in [0.25, 0.3) is 32.5 Å². The number of amides is 4. The van der Waals surface area contributed by atoms with Gasteiger partial charge < -0.3 is 49.7 Å². The molecule has 3 aromatic heterocycles. The third kappa shape index (κ3) is 17.1. The molecular weight excluding hydrogens is 1110 g/mol. The van der Waals surface area contributed by atoms with Gasteiger partial charge in [-0.1, -0.05) is 82.1 Å². The second kappa shape index (κ2) is 30.4. The molecule has 5 N–H and O–H groups in total. The van der Waals surface area contributed by atoms with Crippen molar-refractivity contribution in [1.29, 1.82) is 0 Å². The number of likely N-dealkylation sites (tertiary alicyclic amines) is 1. The van der Waals surface area contributed by atoms with Gasteiger partial charge in [-0.2, -0.15) is 0 Å². The summed E-state index contributed by atoms with van der Waals surface area (Å²) in [7, 11) is 0. The number of unbranched alkanes of at least 4 members (excludes halogenated alkanes) is 2. The molecule has 3 aliphatic rings. The Morgan fingerprint density at radius 1 is 0.767 bits per heavy atom. The van der Waals surface area contributed by atoms with Crippen LogP contribution >= 0.6 is 11.3 Å². The van der Waals surface area contributed by atoms with Gasteiger partial charge in [0.25, 0.3) is 11.5 Å². The molecule has 462 valence electrons. The number of nitrogens with zero attached hydrogens (tertiary/aromatic N) is 5. The summed E-state index contributed by atoms with van der Waals surface area (Å²) in [5.74, 6) is -1.38. The molecule has 4 amide bonds.